The number of nitrogens with two attached hydrogens (primary N) is 1. The van der Waals surface area contributed by atoms with Crippen molar-refractivity contribution >= 4 is 17.6 Å². The molecule has 1 aliphatic rings. The van der Waals surface area contributed by atoms with Crippen molar-refractivity contribution in [2.45, 2.75) is 39.5 Å². The molecule has 0 spiro atoms. The van der Waals surface area contributed by atoms with Crippen LogP contribution in [0.3, 0.4) is 0 Å². The molecule has 0 aliphatic carbocycles. The number of likely N-dealkylation sites (N-methyl/N-ethyl adjacent to an activating group) is 1. The van der Waals surface area contributed by atoms with Gasteiger partial charge in [-0.3, -0.25) is 9.59 Å². The van der Waals surface area contributed by atoms with Crippen molar-refractivity contribution in [3.63, 3.8) is 0 Å². The van der Waals surface area contributed by atoms with Gasteiger partial charge in [-0.25, -0.2) is 0 Å². The van der Waals surface area contributed by atoms with E-state index in [1.165, 1.54) is 4.90 Å². The number of carbonyl (C=O) groups is 2. The molecule has 1 saturated heterocycles. The Kier molecular flexibility index (Phi) is 5.99. The van der Waals surface area contributed by atoms with Gasteiger partial charge in [0.1, 0.15) is 5.41 Å². The van der Waals surface area contributed by atoms with E-state index in [0.29, 0.717) is 12.8 Å². The Bertz CT molecular complexity index is 412. The van der Waals surface area contributed by atoms with Gasteiger partial charge in [0.15, 0.2) is 5.84 Å². The van der Waals surface area contributed by atoms with Crippen LogP contribution in [0.15, 0.2) is 5.16 Å². The van der Waals surface area contributed by atoms with Crippen LogP contribution in [0, 0.1) is 5.41 Å². The molecule has 7 heteroatoms. The van der Waals surface area contributed by atoms with E-state index in [1.807, 2.05) is 13.8 Å². The van der Waals surface area contributed by atoms with Crippen molar-refractivity contribution in [1.82, 2.24) is 9.80 Å². The van der Waals surface area contributed by atoms with Crippen molar-refractivity contribution in [3.8, 4) is 0 Å². The molecular formula is C14H26N4O3. The molecule has 1 fully saturated rings. The topological polar surface area (TPSA) is 99.2 Å². The van der Waals surface area contributed by atoms with E-state index in [0.717, 1.165) is 25.9 Å². The highest BCUT2D eigenvalue weighted by atomic mass is 16.4. The molecule has 0 aromatic rings. The summed E-state index contributed by atoms with van der Waals surface area (Å²) in [6.45, 7) is 5.17. The maximum absolute atomic E-state index is 12.7. The van der Waals surface area contributed by atoms with Gasteiger partial charge < -0.3 is 20.7 Å². The first-order valence-corrected chi connectivity index (χ1v) is 7.44. The van der Waals surface area contributed by atoms with Gasteiger partial charge in [0.05, 0.1) is 6.54 Å². The molecule has 21 heavy (non-hydrogen) atoms. The average molecular weight is 298 g/mol. The molecule has 0 saturated carbocycles. The van der Waals surface area contributed by atoms with Crippen LogP contribution in [0.2, 0.25) is 0 Å². The minimum Gasteiger partial charge on any atom is -0.409 e. The summed E-state index contributed by atoms with van der Waals surface area (Å²) in [6, 6.07) is 0. The first-order valence-electron chi connectivity index (χ1n) is 7.44. The second-order valence-electron chi connectivity index (χ2n) is 5.52. The highest BCUT2D eigenvalue weighted by molar-refractivity contribution is 6.07. The van der Waals surface area contributed by atoms with E-state index in [1.54, 1.807) is 11.9 Å². The number of likely N-dealkylation sites (tertiary alicyclic amines) is 1. The van der Waals surface area contributed by atoms with Crippen LogP contribution in [-0.4, -0.2) is 59.3 Å². The summed E-state index contributed by atoms with van der Waals surface area (Å²) in [5, 5.41) is 11.9. The molecule has 0 unspecified atom stereocenters. The van der Waals surface area contributed by atoms with Crippen LogP contribution in [0.5, 0.6) is 0 Å². The number of amidine groups is 1. The zero-order valence-electron chi connectivity index (χ0n) is 13.1. The predicted octanol–water partition coefficient (Wildman–Crippen LogP) is 0.620. The number of oxime groups is 1. The van der Waals surface area contributed by atoms with Crippen molar-refractivity contribution in [3.05, 3.63) is 0 Å². The minimum absolute atomic E-state index is 0.0271. The van der Waals surface area contributed by atoms with Gasteiger partial charge in [-0.1, -0.05) is 19.0 Å². The highest BCUT2D eigenvalue weighted by Gasteiger charge is 2.42. The van der Waals surface area contributed by atoms with Crippen LogP contribution < -0.4 is 5.73 Å². The zero-order valence-corrected chi connectivity index (χ0v) is 13.1. The number of hydrogen-bond donors (Lipinski definition) is 2. The Hall–Kier alpha value is -1.79. The number of amides is 2. The summed E-state index contributed by atoms with van der Waals surface area (Å²) in [6.07, 6.45) is 2.86. The summed E-state index contributed by atoms with van der Waals surface area (Å²) in [5.74, 6) is -0.433. The fourth-order valence-electron chi connectivity index (χ4n) is 2.83. The van der Waals surface area contributed by atoms with Gasteiger partial charge in [-0.15, -0.1) is 0 Å². The minimum atomic E-state index is -1.05. The van der Waals surface area contributed by atoms with Crippen LogP contribution in [0.4, 0.5) is 0 Å². The molecule has 1 heterocycles. The number of hydrogen-bond acceptors (Lipinski definition) is 4. The van der Waals surface area contributed by atoms with E-state index in [4.69, 9.17) is 10.9 Å². The van der Waals surface area contributed by atoms with Gasteiger partial charge >= 0.3 is 0 Å². The molecule has 0 aromatic heterocycles. The quantitative estimate of drug-likeness (QED) is 0.325. The molecule has 0 radical (unpaired) electrons. The maximum Gasteiger partial charge on any atom is 0.242 e. The molecule has 0 bridgehead atoms. The molecule has 1 aliphatic heterocycles. The fraction of sp³-hybridized carbons (Fsp3) is 0.786. The largest absolute Gasteiger partial charge is 0.409 e. The first-order chi connectivity index (χ1) is 9.92. The Morgan fingerprint density at radius 1 is 1.29 bits per heavy atom. The normalized spacial score (nSPS) is 16.1. The van der Waals surface area contributed by atoms with E-state index in [9.17, 15) is 9.59 Å². The van der Waals surface area contributed by atoms with E-state index in [2.05, 4.69) is 5.16 Å². The van der Waals surface area contributed by atoms with Crippen molar-refractivity contribution in [1.29, 1.82) is 0 Å². The Balaban J connectivity index is 2.81. The Morgan fingerprint density at radius 3 is 2.24 bits per heavy atom. The van der Waals surface area contributed by atoms with Gasteiger partial charge in [-0.2, -0.15) is 0 Å². The molecule has 0 atom stereocenters. The van der Waals surface area contributed by atoms with Crippen LogP contribution in [-0.2, 0) is 9.59 Å². The number of nitrogens with zero attached hydrogens (tertiary/aromatic N) is 3. The van der Waals surface area contributed by atoms with Gasteiger partial charge in [0.25, 0.3) is 0 Å². The van der Waals surface area contributed by atoms with Crippen molar-refractivity contribution < 1.29 is 14.8 Å². The summed E-state index contributed by atoms with van der Waals surface area (Å²) in [7, 11) is 1.58. The fourth-order valence-corrected chi connectivity index (χ4v) is 2.83. The predicted molar refractivity (Wildman–Crippen MR) is 79.9 cm³/mol. The third-order valence-corrected chi connectivity index (χ3v) is 4.39. The molecule has 1 rings (SSSR count). The van der Waals surface area contributed by atoms with Crippen LogP contribution in [0.1, 0.15) is 39.5 Å². The van der Waals surface area contributed by atoms with E-state index < -0.39 is 5.41 Å². The SMILES string of the molecule is CCC(CC)(C(=O)N(C)CC(=O)N1CCCC1)C(N)=NO. The lowest BCUT2D eigenvalue weighted by atomic mass is 9.79. The number of rotatable bonds is 6. The molecule has 3 N–H and O–H groups in total. The lowest BCUT2D eigenvalue weighted by Gasteiger charge is -2.33. The molecule has 7 nitrogen and oxygen atoms in total. The monoisotopic (exact) mass is 298 g/mol. The van der Waals surface area contributed by atoms with Crippen molar-refractivity contribution in [2.24, 2.45) is 16.3 Å². The lowest BCUT2D eigenvalue weighted by molar-refractivity contribution is -0.143. The lowest BCUT2D eigenvalue weighted by Crippen LogP contribution is -2.52. The smallest absolute Gasteiger partial charge is 0.242 e. The van der Waals surface area contributed by atoms with E-state index >= 15 is 0 Å². The third-order valence-electron chi connectivity index (χ3n) is 4.39. The summed E-state index contributed by atoms with van der Waals surface area (Å²) < 4.78 is 0. The second kappa shape index (κ2) is 7.28. The van der Waals surface area contributed by atoms with Crippen LogP contribution >= 0.6 is 0 Å². The molecular weight excluding hydrogens is 272 g/mol. The summed E-state index contributed by atoms with van der Waals surface area (Å²) in [4.78, 5) is 27.9. The van der Waals surface area contributed by atoms with E-state index in [-0.39, 0.29) is 24.2 Å². The zero-order chi connectivity index (χ0) is 16.0. The van der Waals surface area contributed by atoms with Gasteiger partial charge in [0.2, 0.25) is 11.8 Å². The molecule has 120 valence electrons. The standard InChI is InChI=1S/C14H26N4O3/c1-4-14(5-2,12(15)16-21)13(20)17(3)10-11(19)18-8-6-7-9-18/h21H,4-10H2,1-3H3,(H2,15,16). The molecule has 0 aromatic carbocycles. The Labute approximate surface area is 125 Å². The van der Waals surface area contributed by atoms with Crippen LogP contribution in [0.25, 0.3) is 0 Å². The Morgan fingerprint density at radius 2 is 1.81 bits per heavy atom. The highest BCUT2D eigenvalue weighted by Crippen LogP contribution is 2.29. The summed E-state index contributed by atoms with van der Waals surface area (Å²) in [5.41, 5.74) is 4.68. The van der Waals surface area contributed by atoms with Crippen molar-refractivity contribution in [2.75, 3.05) is 26.7 Å². The first kappa shape index (κ1) is 17.3. The average Bonchev–Trinajstić information content (AvgIpc) is 3.02. The third kappa shape index (κ3) is 3.46. The number of carbonyl (C=O) groups excluding carboxylic acids is 2. The summed E-state index contributed by atoms with van der Waals surface area (Å²) >= 11 is 0. The van der Waals surface area contributed by atoms with Gasteiger partial charge in [0, 0.05) is 20.1 Å². The second-order valence-corrected chi connectivity index (χ2v) is 5.52. The molecule has 2 amide bonds. The van der Waals surface area contributed by atoms with Gasteiger partial charge in [-0.05, 0) is 25.7 Å². The maximum atomic E-state index is 12.7.